The van der Waals surface area contributed by atoms with Gasteiger partial charge in [-0.2, -0.15) is 0 Å². The Bertz CT molecular complexity index is 10700. The molecule has 32 rings (SSSR count). The number of benzene rings is 21. The van der Waals surface area contributed by atoms with Gasteiger partial charge in [0, 0.05) is 134 Å². The lowest BCUT2D eigenvalue weighted by Gasteiger charge is -2.13. The zero-order valence-electron chi connectivity index (χ0n) is 73.8. The number of thiophene rings is 5. The molecule has 138 heavy (non-hydrogen) atoms. The summed E-state index contributed by atoms with van der Waals surface area (Å²) in [6.07, 6.45) is 3.76. The van der Waals surface area contributed by atoms with Crippen molar-refractivity contribution in [1.29, 1.82) is 0 Å². The van der Waals surface area contributed by atoms with E-state index in [1.807, 2.05) is 78.3 Å². The van der Waals surface area contributed by atoms with Gasteiger partial charge in [-0.25, -0.2) is 0 Å². The molecule has 0 saturated heterocycles. The minimum atomic E-state index is 0.860. The highest BCUT2D eigenvalue weighted by Gasteiger charge is 2.26. The summed E-state index contributed by atoms with van der Waals surface area (Å²) in [4.78, 5) is 4.37. The number of aromatic nitrogens is 2. The van der Waals surface area contributed by atoms with E-state index in [0.29, 0.717) is 0 Å². The van der Waals surface area contributed by atoms with Gasteiger partial charge in [0.25, 0.3) is 0 Å². The van der Waals surface area contributed by atoms with Crippen molar-refractivity contribution in [3.8, 4) is 55.9 Å². The van der Waals surface area contributed by atoms with Crippen LogP contribution in [0.2, 0.25) is 0 Å². The fraction of sp³-hybridized carbons (Fsp3) is 0.00794. The molecule has 0 atom stereocenters. The predicted octanol–water partition coefficient (Wildman–Crippen LogP) is 38.8. The summed E-state index contributed by atoms with van der Waals surface area (Å²) < 4.78 is 40.4. The van der Waals surface area contributed by atoms with Crippen LogP contribution in [0.4, 0.5) is 0 Å². The largest absolute Gasteiger partial charge is 0.497 e. The fourth-order valence-corrected chi connectivity index (χ4v) is 26.2. The molecule has 11 aromatic heterocycles. The maximum absolute atomic E-state index is 6.64. The van der Waals surface area contributed by atoms with E-state index in [2.05, 4.69) is 358 Å². The number of ether oxygens (including phenoxy) is 1. The Labute approximate surface area is 806 Å². The summed E-state index contributed by atoms with van der Waals surface area (Å²) in [7, 11) is 1.70. The molecule has 0 fully saturated rings. The minimum absolute atomic E-state index is 0.860. The first kappa shape index (κ1) is 78.9. The number of nitrogens with zero attached hydrogens (tertiary/aromatic N) is 2. The van der Waals surface area contributed by atoms with E-state index < -0.39 is 0 Å². The molecule has 32 aromatic rings. The molecule has 0 amide bonds. The van der Waals surface area contributed by atoms with Gasteiger partial charge in [0.2, 0.25) is 0 Å². The molecule has 646 valence electrons. The third-order valence-electron chi connectivity index (χ3n) is 28.3. The Morgan fingerprint density at radius 1 is 0.232 bits per heavy atom. The van der Waals surface area contributed by atoms with Crippen molar-refractivity contribution >= 4 is 303 Å². The van der Waals surface area contributed by atoms with Gasteiger partial charge in [0.15, 0.2) is 0 Å². The molecule has 12 heteroatoms. The molecule has 0 aliphatic rings. The number of rotatable bonds is 6. The summed E-state index contributed by atoms with van der Waals surface area (Å²) in [6.45, 7) is 0. The third-order valence-corrected chi connectivity index (χ3v) is 32.7. The molecule has 0 spiro atoms. The lowest BCUT2D eigenvalue weighted by Crippen LogP contribution is -1.93. The van der Waals surface area contributed by atoms with Gasteiger partial charge in [0.05, 0.1) is 18.1 Å². The second kappa shape index (κ2) is 31.3. The quantitative estimate of drug-likeness (QED) is 0.154. The lowest BCUT2D eigenvalue weighted by molar-refractivity contribution is 0.415. The van der Waals surface area contributed by atoms with Crippen LogP contribution in [-0.4, -0.2) is 16.7 Å². The molecular weight excluding hydrogens is 1780 g/mol. The average Bonchev–Trinajstić information content (AvgIpc) is 1.49. The number of para-hydroxylation sites is 6. The van der Waals surface area contributed by atoms with Crippen molar-refractivity contribution in [1.82, 2.24) is 9.55 Å². The second-order valence-electron chi connectivity index (χ2n) is 35.7. The van der Waals surface area contributed by atoms with Crippen molar-refractivity contribution < 1.29 is 22.4 Å². The van der Waals surface area contributed by atoms with Gasteiger partial charge in [0.1, 0.15) is 50.4 Å². The summed E-state index contributed by atoms with van der Waals surface area (Å²) in [5, 5.41) is 48.7. The summed E-state index contributed by atoms with van der Waals surface area (Å²) >= 11 is 8.97. The van der Waals surface area contributed by atoms with Crippen LogP contribution in [0.5, 0.6) is 5.75 Å². The monoisotopic (exact) mass is 1850 g/mol. The van der Waals surface area contributed by atoms with Gasteiger partial charge < -0.3 is 27.0 Å². The SMILES string of the molecule is COc1ccc(-c2cc3cc4sccc4cc3c3c2ccc2c4ccccc4oc23)cc1.c1ccc(-n2c3ccccc3c3cc(-c4cc5cc6sccc6cc5c5c4ccc4c6ccccc6oc45)ccc32)cc1.c1ccc2c(c1)oc1c2ccc2c(-c3csc4ccccc34)cc3cc4sccc4cc3c21.c1cncc(-c2cc3cc4sccc4cc3c3c2ccc2c4ccccc4oc23)c1. The summed E-state index contributed by atoms with van der Waals surface area (Å²) in [5.41, 5.74) is 20.8. The van der Waals surface area contributed by atoms with E-state index in [0.717, 1.165) is 88.3 Å². The molecule has 0 aliphatic heterocycles. The van der Waals surface area contributed by atoms with E-state index in [9.17, 15) is 0 Å². The third kappa shape index (κ3) is 12.4. The number of fused-ring (bicyclic) bond motifs is 36. The molecular formula is C126H72N2O5S5. The van der Waals surface area contributed by atoms with Crippen LogP contribution in [0.1, 0.15) is 0 Å². The van der Waals surface area contributed by atoms with Crippen molar-refractivity contribution in [3.63, 3.8) is 0 Å². The molecule has 7 nitrogen and oxygen atoms in total. The second-order valence-corrected chi connectivity index (χ2v) is 40.4. The highest BCUT2D eigenvalue weighted by molar-refractivity contribution is 7.18. The first-order valence-corrected chi connectivity index (χ1v) is 50.6. The fourth-order valence-electron chi connectivity index (χ4n) is 21.9. The minimum Gasteiger partial charge on any atom is -0.497 e. The maximum Gasteiger partial charge on any atom is 0.143 e. The van der Waals surface area contributed by atoms with E-state index in [-0.39, 0.29) is 0 Å². The van der Waals surface area contributed by atoms with Gasteiger partial charge in [-0.15, -0.1) is 56.7 Å². The molecule has 0 aliphatic carbocycles. The topological polar surface area (TPSA) is 79.6 Å². The molecule has 0 bridgehead atoms. The summed E-state index contributed by atoms with van der Waals surface area (Å²) in [5.74, 6) is 0.860. The zero-order valence-corrected chi connectivity index (χ0v) is 77.9. The Morgan fingerprint density at radius 3 is 1.04 bits per heavy atom. The average molecular weight is 1850 g/mol. The van der Waals surface area contributed by atoms with Gasteiger partial charge in [-0.3, -0.25) is 4.98 Å². The Morgan fingerprint density at radius 2 is 0.601 bits per heavy atom. The van der Waals surface area contributed by atoms with Crippen molar-refractivity contribution in [2.75, 3.05) is 7.11 Å². The zero-order chi connectivity index (χ0) is 90.5. The van der Waals surface area contributed by atoms with Crippen LogP contribution in [0.15, 0.2) is 433 Å². The smallest absolute Gasteiger partial charge is 0.143 e. The van der Waals surface area contributed by atoms with Crippen LogP contribution in [0.25, 0.3) is 296 Å². The van der Waals surface area contributed by atoms with Crippen LogP contribution >= 0.6 is 56.7 Å². The van der Waals surface area contributed by atoms with E-state index in [4.69, 9.17) is 22.4 Å². The Balaban J connectivity index is 0.0000000896. The molecule has 0 N–H and O–H groups in total. The summed E-state index contributed by atoms with van der Waals surface area (Å²) in [6, 6.07) is 135. The standard InChI is InChI=1S/C40H23NOS.C30H16OS2.C29H18O2S.C27H15NOS/c1-2-8-27(9-3-1)41-35-12-6-4-10-28(35)34-20-24(14-17-36(34)41)32-22-26-23-38-25(18-19-43-38)21-33(26)39-30(32)15-16-31-29-11-5-7-13-37(29)42-40(31)39;1-3-7-26-19(5-1)22-10-9-21-24(25-16-33-27-8-4-2-6-20(25)27)14-18-15-28-17(11-12-32-28)13-23(18)29(21)30(22)31-26;1-30-20-8-6-17(7-9-20)24-15-19-16-27-18(12-13-32-27)14-25(19)28-22(24)10-11-23-21-4-2-3-5-26(21)31-29(23)28;1-2-6-24-19(5-1)21-8-7-20-22(17-4-3-10-28-15-17)13-18-14-25-16(9-11-30-25)12-23(18)26(20)27(21)29-24/h1-23H;1-16H;2-16H,1H3;1-15H. The first-order chi connectivity index (χ1) is 68.3. The highest BCUT2D eigenvalue weighted by atomic mass is 32.1. The lowest BCUT2D eigenvalue weighted by atomic mass is 9.91. The van der Waals surface area contributed by atoms with Crippen LogP contribution in [0.3, 0.4) is 0 Å². The molecule has 0 saturated carbocycles. The van der Waals surface area contributed by atoms with E-state index in [1.54, 1.807) is 52.5 Å². The first-order valence-electron chi connectivity index (χ1n) is 46.2. The molecule has 0 unspecified atom stereocenters. The normalized spacial score (nSPS) is 12.1. The van der Waals surface area contributed by atoms with Gasteiger partial charge in [-0.1, -0.05) is 176 Å². The number of methoxy groups -OCH3 is 1. The van der Waals surface area contributed by atoms with Crippen molar-refractivity contribution in [2.24, 2.45) is 0 Å². The van der Waals surface area contributed by atoms with Crippen LogP contribution in [-0.2, 0) is 0 Å². The Hall–Kier alpha value is -16.6. The predicted molar refractivity (Wildman–Crippen MR) is 592 cm³/mol. The molecule has 0 radical (unpaired) electrons. The highest BCUT2D eigenvalue weighted by Crippen LogP contribution is 2.52. The maximum atomic E-state index is 6.64. The number of furan rings is 4. The van der Waals surface area contributed by atoms with Crippen LogP contribution in [0, 0.1) is 0 Å². The number of hydrogen-bond acceptors (Lipinski definition) is 11. The van der Waals surface area contributed by atoms with E-state index in [1.165, 1.54) is 214 Å². The van der Waals surface area contributed by atoms with Crippen molar-refractivity contribution in [3.05, 3.63) is 415 Å². The van der Waals surface area contributed by atoms with Gasteiger partial charge in [-0.05, 0) is 347 Å². The van der Waals surface area contributed by atoms with Crippen LogP contribution < -0.4 is 4.74 Å². The number of hydrogen-bond donors (Lipinski definition) is 0. The molecule has 21 aromatic carbocycles. The Kier molecular flexibility index (Phi) is 17.9. The van der Waals surface area contributed by atoms with Gasteiger partial charge >= 0.3 is 0 Å². The number of pyridine rings is 1. The van der Waals surface area contributed by atoms with E-state index >= 15 is 0 Å². The molecule has 11 heterocycles. The van der Waals surface area contributed by atoms with Crippen molar-refractivity contribution in [2.45, 2.75) is 0 Å².